The molecule has 0 unspecified atom stereocenters. The Labute approximate surface area is 200 Å². The van der Waals surface area contributed by atoms with Gasteiger partial charge in [-0.3, -0.25) is 4.79 Å². The Morgan fingerprint density at radius 2 is 1.74 bits per heavy atom. The van der Waals surface area contributed by atoms with Gasteiger partial charge in [0.1, 0.15) is 11.6 Å². The number of hydrogen-bond acceptors (Lipinski definition) is 6. The van der Waals surface area contributed by atoms with Crippen LogP contribution in [0.3, 0.4) is 0 Å². The molecule has 0 radical (unpaired) electrons. The van der Waals surface area contributed by atoms with Gasteiger partial charge in [0.05, 0.1) is 23.3 Å². The summed E-state index contributed by atoms with van der Waals surface area (Å²) in [6, 6.07) is 19.3. The number of fused-ring (bicyclic) bond motifs is 1. The van der Waals surface area contributed by atoms with E-state index in [1.165, 1.54) is 23.9 Å². The van der Waals surface area contributed by atoms with Crippen LogP contribution in [0, 0.1) is 19.7 Å². The van der Waals surface area contributed by atoms with Crippen LogP contribution in [0.15, 0.2) is 71.9 Å². The second-order valence-electron chi connectivity index (χ2n) is 7.72. The van der Waals surface area contributed by atoms with Crippen LogP contribution in [-0.2, 0) is 20.9 Å². The van der Waals surface area contributed by atoms with Gasteiger partial charge in [-0.25, -0.2) is 14.2 Å². The highest BCUT2D eigenvalue weighted by Gasteiger charge is 2.16. The zero-order valence-electron chi connectivity index (χ0n) is 18.8. The van der Waals surface area contributed by atoms with Gasteiger partial charge < -0.3 is 14.0 Å². The number of benzene rings is 3. The van der Waals surface area contributed by atoms with Gasteiger partial charge in [0, 0.05) is 0 Å². The predicted molar refractivity (Wildman–Crippen MR) is 128 cm³/mol. The van der Waals surface area contributed by atoms with E-state index in [1.54, 1.807) is 24.3 Å². The number of rotatable bonds is 8. The van der Waals surface area contributed by atoms with Crippen molar-refractivity contribution < 1.29 is 23.5 Å². The third-order valence-corrected chi connectivity index (χ3v) is 6.27. The van der Waals surface area contributed by atoms with Crippen molar-refractivity contribution in [3.63, 3.8) is 0 Å². The van der Waals surface area contributed by atoms with Crippen molar-refractivity contribution in [1.82, 2.24) is 9.55 Å². The fraction of sp³-hybridized carbons (Fsp3) is 0.192. The maximum Gasteiger partial charge on any atom is 0.349 e. The Hall–Kier alpha value is -3.65. The topological polar surface area (TPSA) is 70.4 Å². The maximum absolute atomic E-state index is 13.3. The van der Waals surface area contributed by atoms with Crippen LogP contribution in [0.1, 0.15) is 16.7 Å². The highest BCUT2D eigenvalue weighted by molar-refractivity contribution is 7.99. The van der Waals surface area contributed by atoms with Crippen molar-refractivity contribution in [3.05, 3.63) is 89.2 Å². The van der Waals surface area contributed by atoms with E-state index in [0.29, 0.717) is 17.5 Å². The van der Waals surface area contributed by atoms with E-state index in [0.717, 1.165) is 27.7 Å². The number of aryl methyl sites for hydroxylation is 1. The average molecular weight is 479 g/mol. The molecule has 0 atom stereocenters. The van der Waals surface area contributed by atoms with Gasteiger partial charge in [0.25, 0.3) is 0 Å². The fourth-order valence-corrected chi connectivity index (χ4v) is 4.19. The number of carbonyl (C=O) groups is 2. The summed E-state index contributed by atoms with van der Waals surface area (Å²) in [7, 11) is 0. The third kappa shape index (κ3) is 5.63. The molecule has 0 spiro atoms. The van der Waals surface area contributed by atoms with E-state index < -0.39 is 18.5 Å². The Kier molecular flexibility index (Phi) is 7.27. The lowest BCUT2D eigenvalue weighted by Gasteiger charge is -2.10. The molecule has 0 bridgehead atoms. The third-order valence-electron chi connectivity index (χ3n) is 5.32. The molecule has 174 valence electrons. The van der Waals surface area contributed by atoms with Crippen LogP contribution in [0.25, 0.3) is 11.0 Å². The van der Waals surface area contributed by atoms with Gasteiger partial charge in [-0.05, 0) is 60.9 Å². The summed E-state index contributed by atoms with van der Waals surface area (Å²) >= 11 is 1.21. The molecule has 4 aromatic rings. The molecular formula is C26H23FN2O4S. The van der Waals surface area contributed by atoms with Crippen LogP contribution < -0.4 is 4.74 Å². The molecule has 34 heavy (non-hydrogen) atoms. The Morgan fingerprint density at radius 3 is 2.53 bits per heavy atom. The molecule has 0 aliphatic carbocycles. The number of nitrogens with zero attached hydrogens (tertiary/aromatic N) is 2. The van der Waals surface area contributed by atoms with Crippen molar-refractivity contribution in [2.45, 2.75) is 25.5 Å². The molecule has 0 saturated carbocycles. The molecule has 0 saturated heterocycles. The van der Waals surface area contributed by atoms with E-state index in [1.807, 2.05) is 48.7 Å². The lowest BCUT2D eigenvalue weighted by atomic mass is 10.1. The van der Waals surface area contributed by atoms with Gasteiger partial charge in [-0.1, -0.05) is 48.2 Å². The molecule has 4 rings (SSSR count). The molecule has 1 aromatic heterocycles. The van der Waals surface area contributed by atoms with E-state index in [4.69, 9.17) is 9.47 Å². The summed E-state index contributed by atoms with van der Waals surface area (Å²) < 4.78 is 25.7. The van der Waals surface area contributed by atoms with Crippen LogP contribution >= 0.6 is 11.8 Å². The number of halogens is 1. The predicted octanol–water partition coefficient (Wildman–Crippen LogP) is 5.08. The first-order chi connectivity index (χ1) is 16.4. The van der Waals surface area contributed by atoms with Crippen LogP contribution in [0.4, 0.5) is 4.39 Å². The van der Waals surface area contributed by atoms with Crippen LogP contribution in [-0.4, -0.2) is 33.8 Å². The van der Waals surface area contributed by atoms with Crippen molar-refractivity contribution in [3.8, 4) is 5.75 Å². The number of carbonyl (C=O) groups excluding carboxylic acids is 2. The largest absolute Gasteiger partial charge is 0.453 e. The summed E-state index contributed by atoms with van der Waals surface area (Å²) in [5, 5.41) is 0.625. The minimum Gasteiger partial charge on any atom is -0.453 e. The number of hydrogen-bond donors (Lipinski definition) is 0. The second-order valence-corrected chi connectivity index (χ2v) is 8.66. The number of imidazole rings is 1. The van der Waals surface area contributed by atoms with E-state index in [-0.39, 0.29) is 11.6 Å². The van der Waals surface area contributed by atoms with Gasteiger partial charge >= 0.3 is 11.9 Å². The molecule has 1 heterocycles. The molecule has 0 aliphatic rings. The van der Waals surface area contributed by atoms with E-state index in [2.05, 4.69) is 4.98 Å². The van der Waals surface area contributed by atoms with Crippen molar-refractivity contribution in [2.24, 2.45) is 0 Å². The normalized spacial score (nSPS) is 10.9. The first-order valence-corrected chi connectivity index (χ1v) is 11.6. The molecule has 0 amide bonds. The summed E-state index contributed by atoms with van der Waals surface area (Å²) in [5.41, 5.74) is 4.46. The van der Waals surface area contributed by atoms with Gasteiger partial charge in [-0.15, -0.1) is 0 Å². The monoisotopic (exact) mass is 478 g/mol. The van der Waals surface area contributed by atoms with Crippen molar-refractivity contribution in [2.75, 3.05) is 12.4 Å². The van der Waals surface area contributed by atoms with Crippen molar-refractivity contribution in [1.29, 1.82) is 0 Å². The molecular weight excluding hydrogens is 455 g/mol. The second kappa shape index (κ2) is 10.5. The van der Waals surface area contributed by atoms with E-state index in [9.17, 15) is 14.0 Å². The standard InChI is InChI=1S/C26H23FN2O4S/c1-17-6-5-9-23(18(17)2)33-24(30)15-32-25(31)16-34-26-28-21-7-3-4-8-22(21)29(26)14-19-10-12-20(27)13-11-19/h3-13H,14-16H2,1-2H3. The zero-order chi connectivity index (χ0) is 24.1. The number of ether oxygens (including phenoxy) is 2. The summed E-state index contributed by atoms with van der Waals surface area (Å²) in [6.07, 6.45) is 0. The molecule has 0 N–H and O–H groups in total. The van der Waals surface area contributed by atoms with Gasteiger partial charge in [-0.2, -0.15) is 0 Å². The Balaban J connectivity index is 1.38. The summed E-state index contributed by atoms with van der Waals surface area (Å²) in [4.78, 5) is 29.0. The molecule has 0 fully saturated rings. The van der Waals surface area contributed by atoms with Crippen LogP contribution in [0.5, 0.6) is 5.75 Å². The quantitative estimate of drug-likeness (QED) is 0.200. The molecule has 0 aliphatic heterocycles. The number of thioether (sulfide) groups is 1. The maximum atomic E-state index is 13.3. The zero-order valence-corrected chi connectivity index (χ0v) is 19.6. The molecule has 3 aromatic carbocycles. The number of para-hydroxylation sites is 2. The van der Waals surface area contributed by atoms with E-state index >= 15 is 0 Å². The summed E-state index contributed by atoms with van der Waals surface area (Å²) in [6.45, 7) is 3.78. The lowest BCUT2D eigenvalue weighted by molar-refractivity contribution is -0.151. The fourth-order valence-electron chi connectivity index (χ4n) is 3.38. The first kappa shape index (κ1) is 23.5. The smallest absolute Gasteiger partial charge is 0.349 e. The van der Waals surface area contributed by atoms with Gasteiger partial charge in [0.2, 0.25) is 0 Å². The SMILES string of the molecule is Cc1cccc(OC(=O)COC(=O)CSc2nc3ccccc3n2Cc2ccc(F)cc2)c1C. The molecule has 6 nitrogen and oxygen atoms in total. The number of esters is 2. The first-order valence-electron chi connectivity index (χ1n) is 10.7. The minimum absolute atomic E-state index is 0.0243. The average Bonchev–Trinajstić information content (AvgIpc) is 3.18. The van der Waals surface area contributed by atoms with Crippen LogP contribution in [0.2, 0.25) is 0 Å². The summed E-state index contributed by atoms with van der Waals surface area (Å²) in [5.74, 6) is -1.07. The van der Waals surface area contributed by atoms with Gasteiger partial charge in [0.15, 0.2) is 11.8 Å². The van der Waals surface area contributed by atoms with Crippen molar-refractivity contribution >= 4 is 34.7 Å². The highest BCUT2D eigenvalue weighted by Crippen LogP contribution is 2.26. The Bertz CT molecular complexity index is 1330. The lowest BCUT2D eigenvalue weighted by Crippen LogP contribution is -2.20. The minimum atomic E-state index is -0.643. The number of aromatic nitrogens is 2. The molecule has 8 heteroatoms. The highest BCUT2D eigenvalue weighted by atomic mass is 32.2. The Morgan fingerprint density at radius 1 is 0.971 bits per heavy atom.